The number of phosphoric acid groups is 1. The first-order valence-corrected chi connectivity index (χ1v) is 7.84. The summed E-state index contributed by atoms with van der Waals surface area (Å²) >= 11 is 8.90. The van der Waals surface area contributed by atoms with Crippen molar-refractivity contribution < 1.29 is 18.9 Å². The fourth-order valence-electron chi connectivity index (χ4n) is 1.28. The number of phosphoric ester groups is 1. The van der Waals surface area contributed by atoms with Gasteiger partial charge in [-0.05, 0) is 25.7 Å². The summed E-state index contributed by atoms with van der Waals surface area (Å²) in [6, 6.07) is 0. The number of hydrogen-bond acceptors (Lipinski definition) is 4. The minimum atomic E-state index is -4.30. The van der Waals surface area contributed by atoms with E-state index in [1.54, 1.807) is 0 Å². The summed E-state index contributed by atoms with van der Waals surface area (Å²) in [4.78, 5) is 16.9. The average Bonchev–Trinajstić information content (AvgIpc) is 2.12. The van der Waals surface area contributed by atoms with Crippen LogP contribution in [-0.2, 0) is 9.09 Å². The van der Waals surface area contributed by atoms with Crippen molar-refractivity contribution in [2.75, 3.05) is 6.61 Å². The fraction of sp³-hybridized carbons (Fsp3) is 1.00. The summed E-state index contributed by atoms with van der Waals surface area (Å²) < 4.78 is 14.4. The first kappa shape index (κ1) is 16.8. The molecule has 0 aliphatic carbocycles. The molecule has 0 radical (unpaired) electrons. The molecule has 0 fully saturated rings. The Bertz CT molecular complexity index is 230. The highest BCUT2D eigenvalue weighted by molar-refractivity contribution is 8.00. The second kappa shape index (κ2) is 8.01. The lowest BCUT2D eigenvalue weighted by atomic mass is 10.1. The highest BCUT2D eigenvalue weighted by Gasteiger charge is 2.19. The smallest absolute Gasteiger partial charge is 0.303 e. The van der Waals surface area contributed by atoms with Gasteiger partial charge in [0.05, 0.1) is 10.7 Å². The maximum Gasteiger partial charge on any atom is 0.469 e. The topological polar surface area (TPSA) is 66.8 Å². The normalized spacial score (nSPS) is 13.1. The van der Waals surface area contributed by atoms with Gasteiger partial charge in [0.25, 0.3) is 0 Å². The van der Waals surface area contributed by atoms with E-state index in [-0.39, 0.29) is 10.7 Å². The maximum atomic E-state index is 10.4. The van der Waals surface area contributed by atoms with Crippen LogP contribution in [0.25, 0.3) is 0 Å². The van der Waals surface area contributed by atoms with Crippen molar-refractivity contribution in [3.63, 3.8) is 0 Å². The second-order valence-electron chi connectivity index (χ2n) is 3.87. The van der Waals surface area contributed by atoms with Crippen LogP contribution in [0.3, 0.4) is 0 Å². The Kier molecular flexibility index (Phi) is 8.41. The number of unbranched alkanes of at least 4 members (excludes halogenated alkanes) is 2. The van der Waals surface area contributed by atoms with Gasteiger partial charge in [-0.1, -0.05) is 19.8 Å². The van der Waals surface area contributed by atoms with E-state index in [4.69, 9.17) is 9.79 Å². The van der Waals surface area contributed by atoms with Crippen LogP contribution in [0.4, 0.5) is 0 Å². The minimum absolute atomic E-state index is 0.0791. The van der Waals surface area contributed by atoms with Crippen LogP contribution >= 0.6 is 33.1 Å². The Morgan fingerprint density at radius 1 is 1.19 bits per heavy atom. The monoisotopic (exact) mass is 288 g/mol. The van der Waals surface area contributed by atoms with Crippen LogP contribution in [0.1, 0.15) is 45.4 Å². The molecule has 7 heteroatoms. The highest BCUT2D eigenvalue weighted by Crippen LogP contribution is 2.36. The van der Waals surface area contributed by atoms with E-state index in [0.29, 0.717) is 6.42 Å². The van der Waals surface area contributed by atoms with Gasteiger partial charge in [0.2, 0.25) is 0 Å². The summed E-state index contributed by atoms with van der Waals surface area (Å²) in [6.45, 7) is 2.20. The van der Waals surface area contributed by atoms with E-state index in [9.17, 15) is 4.57 Å². The van der Waals surface area contributed by atoms with Gasteiger partial charge in [-0.25, -0.2) is 4.57 Å². The summed E-state index contributed by atoms with van der Waals surface area (Å²) in [5.41, 5.74) is 0. The van der Waals surface area contributed by atoms with E-state index in [1.807, 2.05) is 0 Å². The van der Waals surface area contributed by atoms with Gasteiger partial charge in [-0.3, -0.25) is 4.52 Å². The number of rotatable bonds is 9. The molecule has 0 heterocycles. The SMILES string of the molecule is CCCCC(S)(S)CCCCOP(=O)(O)O. The van der Waals surface area contributed by atoms with Gasteiger partial charge in [-0.15, -0.1) is 0 Å². The third kappa shape index (κ3) is 11.3. The molecule has 98 valence electrons. The summed E-state index contributed by atoms with van der Waals surface area (Å²) in [5, 5.41) is 0. The van der Waals surface area contributed by atoms with Crippen molar-refractivity contribution >= 4 is 33.1 Å². The lowest BCUT2D eigenvalue weighted by molar-refractivity contribution is 0.193. The maximum absolute atomic E-state index is 10.4. The van der Waals surface area contributed by atoms with Gasteiger partial charge in [-0.2, -0.15) is 25.3 Å². The Labute approximate surface area is 108 Å². The van der Waals surface area contributed by atoms with Gasteiger partial charge in [0, 0.05) is 0 Å². The van der Waals surface area contributed by atoms with E-state index in [1.165, 1.54) is 0 Å². The summed E-state index contributed by atoms with van der Waals surface area (Å²) in [6.07, 6.45) is 5.37. The Hall–Kier alpha value is 0.810. The van der Waals surface area contributed by atoms with Crippen LogP contribution in [0.5, 0.6) is 0 Å². The molecular formula is C9H21O4PS2. The second-order valence-corrected chi connectivity index (χ2v) is 7.17. The number of hydrogen-bond donors (Lipinski definition) is 4. The van der Waals surface area contributed by atoms with Gasteiger partial charge >= 0.3 is 7.82 Å². The molecule has 0 aromatic heterocycles. The standard InChI is InChI=1S/C9H21O4PS2/c1-2-3-6-9(15,16)7-4-5-8-13-14(10,11)12/h15-16H,2-8H2,1H3,(H2,10,11,12). The molecule has 0 saturated heterocycles. The molecule has 4 nitrogen and oxygen atoms in total. The molecule has 0 aliphatic rings. The Balaban J connectivity index is 3.54. The van der Waals surface area contributed by atoms with Crippen LogP contribution in [0.15, 0.2) is 0 Å². The minimum Gasteiger partial charge on any atom is -0.303 e. The Morgan fingerprint density at radius 2 is 1.75 bits per heavy atom. The van der Waals surface area contributed by atoms with Crippen molar-refractivity contribution in [1.29, 1.82) is 0 Å². The van der Waals surface area contributed by atoms with E-state index >= 15 is 0 Å². The van der Waals surface area contributed by atoms with Crippen molar-refractivity contribution in [3.8, 4) is 0 Å². The lowest BCUT2D eigenvalue weighted by Gasteiger charge is -2.22. The molecule has 0 saturated carbocycles. The van der Waals surface area contributed by atoms with Gasteiger partial charge < -0.3 is 9.79 Å². The van der Waals surface area contributed by atoms with Gasteiger partial charge in [0.15, 0.2) is 0 Å². The fourth-order valence-corrected chi connectivity index (χ4v) is 2.28. The lowest BCUT2D eigenvalue weighted by Crippen LogP contribution is -2.13. The first-order chi connectivity index (χ1) is 7.27. The zero-order valence-electron chi connectivity index (χ0n) is 9.50. The third-order valence-corrected chi connectivity index (χ3v) is 3.58. The molecule has 0 bridgehead atoms. The van der Waals surface area contributed by atoms with Crippen molar-refractivity contribution in [2.45, 2.75) is 49.5 Å². The predicted molar refractivity (Wildman–Crippen MR) is 72.1 cm³/mol. The van der Waals surface area contributed by atoms with Crippen molar-refractivity contribution in [3.05, 3.63) is 0 Å². The molecule has 0 spiro atoms. The summed E-state index contributed by atoms with van der Waals surface area (Å²) in [7, 11) is -4.30. The van der Waals surface area contributed by atoms with Crippen molar-refractivity contribution in [1.82, 2.24) is 0 Å². The molecule has 0 aromatic carbocycles. The van der Waals surface area contributed by atoms with Crippen LogP contribution in [0, 0.1) is 0 Å². The Morgan fingerprint density at radius 3 is 2.25 bits per heavy atom. The van der Waals surface area contributed by atoms with Crippen LogP contribution in [0.2, 0.25) is 0 Å². The van der Waals surface area contributed by atoms with Crippen molar-refractivity contribution in [2.24, 2.45) is 0 Å². The molecule has 0 aromatic rings. The van der Waals surface area contributed by atoms with Crippen LogP contribution < -0.4 is 0 Å². The number of thiol groups is 2. The molecule has 2 N–H and O–H groups in total. The van der Waals surface area contributed by atoms with Gasteiger partial charge in [0.1, 0.15) is 0 Å². The van der Waals surface area contributed by atoms with E-state index < -0.39 is 7.82 Å². The molecule has 0 unspecified atom stereocenters. The molecular weight excluding hydrogens is 267 g/mol. The van der Waals surface area contributed by atoms with E-state index in [2.05, 4.69) is 36.7 Å². The molecule has 16 heavy (non-hydrogen) atoms. The molecule has 0 rings (SSSR count). The predicted octanol–water partition coefficient (Wildman–Crippen LogP) is 3.01. The molecule has 0 amide bonds. The largest absolute Gasteiger partial charge is 0.469 e. The van der Waals surface area contributed by atoms with E-state index in [0.717, 1.165) is 32.1 Å². The first-order valence-electron chi connectivity index (χ1n) is 5.42. The van der Waals surface area contributed by atoms with Crippen LogP contribution in [-0.4, -0.2) is 20.5 Å². The molecule has 0 atom stereocenters. The zero-order valence-corrected chi connectivity index (χ0v) is 12.2. The molecule has 0 aliphatic heterocycles. The summed E-state index contributed by atoms with van der Waals surface area (Å²) in [5.74, 6) is 0. The third-order valence-electron chi connectivity index (χ3n) is 2.16. The zero-order chi connectivity index (χ0) is 12.7. The average molecular weight is 288 g/mol. The quantitative estimate of drug-likeness (QED) is 0.228. The highest BCUT2D eigenvalue weighted by atomic mass is 32.2.